The molecule has 0 aliphatic carbocycles. The SMILES string of the molecule is Cc1nn2ncncc2c1C(=O)N[C@@H](C)c1nc2cccc(C)c2c(=O)n1-c1ccccc1. The zero-order chi connectivity index (χ0) is 23.1. The summed E-state index contributed by atoms with van der Waals surface area (Å²) < 4.78 is 2.94. The Morgan fingerprint density at radius 2 is 1.85 bits per heavy atom. The lowest BCUT2D eigenvalue weighted by Gasteiger charge is -2.20. The first kappa shape index (κ1) is 20.5. The van der Waals surface area contributed by atoms with E-state index in [1.807, 2.05) is 55.5 Å². The monoisotopic (exact) mass is 439 g/mol. The fraction of sp³-hybridized carbons (Fsp3) is 0.167. The number of carbonyl (C=O) groups is 1. The van der Waals surface area contributed by atoms with Crippen molar-refractivity contribution in [2.75, 3.05) is 0 Å². The van der Waals surface area contributed by atoms with Gasteiger partial charge in [0.2, 0.25) is 0 Å². The van der Waals surface area contributed by atoms with Crippen molar-refractivity contribution in [3.05, 3.63) is 94.1 Å². The summed E-state index contributed by atoms with van der Waals surface area (Å²) in [6, 6.07) is 14.3. The van der Waals surface area contributed by atoms with Gasteiger partial charge < -0.3 is 5.32 Å². The van der Waals surface area contributed by atoms with Crippen LogP contribution in [0, 0.1) is 13.8 Å². The van der Waals surface area contributed by atoms with Crippen LogP contribution in [0.3, 0.4) is 0 Å². The third kappa shape index (κ3) is 3.43. The van der Waals surface area contributed by atoms with Crippen molar-refractivity contribution in [3.8, 4) is 5.69 Å². The van der Waals surface area contributed by atoms with E-state index >= 15 is 0 Å². The van der Waals surface area contributed by atoms with Crippen LogP contribution >= 0.6 is 0 Å². The molecule has 0 saturated carbocycles. The van der Waals surface area contributed by atoms with E-state index in [9.17, 15) is 9.59 Å². The normalized spacial score (nSPS) is 12.2. The van der Waals surface area contributed by atoms with E-state index in [1.54, 1.807) is 24.6 Å². The second-order valence-corrected chi connectivity index (χ2v) is 7.85. The maximum Gasteiger partial charge on any atom is 0.266 e. The van der Waals surface area contributed by atoms with Crippen molar-refractivity contribution in [2.24, 2.45) is 0 Å². The van der Waals surface area contributed by atoms with E-state index in [2.05, 4.69) is 20.5 Å². The molecular formula is C24H21N7O2. The van der Waals surface area contributed by atoms with Crippen LogP contribution in [-0.2, 0) is 0 Å². The zero-order valence-electron chi connectivity index (χ0n) is 18.4. The van der Waals surface area contributed by atoms with E-state index in [-0.39, 0.29) is 11.5 Å². The van der Waals surface area contributed by atoms with Gasteiger partial charge in [0, 0.05) is 0 Å². The molecule has 1 atom stereocenters. The molecular weight excluding hydrogens is 418 g/mol. The van der Waals surface area contributed by atoms with Crippen LogP contribution in [0.1, 0.15) is 40.4 Å². The second-order valence-electron chi connectivity index (χ2n) is 7.85. The molecule has 1 amide bonds. The predicted molar refractivity (Wildman–Crippen MR) is 123 cm³/mol. The van der Waals surface area contributed by atoms with Crippen molar-refractivity contribution in [2.45, 2.75) is 26.8 Å². The van der Waals surface area contributed by atoms with E-state index in [1.165, 1.54) is 11.0 Å². The van der Waals surface area contributed by atoms with Crippen molar-refractivity contribution in [1.29, 1.82) is 0 Å². The summed E-state index contributed by atoms with van der Waals surface area (Å²) in [5.41, 5.74) is 3.35. The van der Waals surface area contributed by atoms with Gasteiger partial charge in [0.15, 0.2) is 0 Å². The van der Waals surface area contributed by atoms with Gasteiger partial charge in [-0.25, -0.2) is 9.97 Å². The standard InChI is InChI=1S/C24H21N7O2/c1-14-8-7-11-18-20(14)24(33)30(17-9-5-4-6-10-17)22(28-18)16(3)27-23(32)21-15(2)29-31-19(21)12-25-13-26-31/h4-13,16H,1-3H3,(H,27,32)/t16-/m0/s1. The molecule has 164 valence electrons. The van der Waals surface area contributed by atoms with Crippen LogP contribution in [0.5, 0.6) is 0 Å². The largest absolute Gasteiger partial charge is 0.342 e. The quantitative estimate of drug-likeness (QED) is 0.461. The smallest absolute Gasteiger partial charge is 0.266 e. The van der Waals surface area contributed by atoms with Gasteiger partial charge in [-0.1, -0.05) is 30.3 Å². The van der Waals surface area contributed by atoms with Crippen molar-refractivity contribution < 1.29 is 4.79 Å². The summed E-state index contributed by atoms with van der Waals surface area (Å²) in [7, 11) is 0. The Kier molecular flexibility index (Phi) is 4.93. The molecule has 0 aliphatic rings. The van der Waals surface area contributed by atoms with Gasteiger partial charge in [-0.05, 0) is 44.5 Å². The first-order valence-electron chi connectivity index (χ1n) is 10.5. The van der Waals surface area contributed by atoms with Crippen LogP contribution in [-0.4, -0.2) is 35.3 Å². The van der Waals surface area contributed by atoms with Gasteiger partial charge in [0.1, 0.15) is 17.7 Å². The number of para-hydroxylation sites is 1. The number of nitrogens with zero attached hydrogens (tertiary/aromatic N) is 6. The van der Waals surface area contributed by atoms with E-state index in [4.69, 9.17) is 4.98 Å². The molecule has 2 aromatic carbocycles. The number of hydrogen-bond donors (Lipinski definition) is 1. The molecule has 5 aromatic rings. The Bertz CT molecular complexity index is 1570. The molecule has 33 heavy (non-hydrogen) atoms. The van der Waals surface area contributed by atoms with Gasteiger partial charge >= 0.3 is 0 Å². The van der Waals surface area contributed by atoms with Crippen LogP contribution < -0.4 is 10.9 Å². The molecule has 0 fully saturated rings. The lowest BCUT2D eigenvalue weighted by molar-refractivity contribution is 0.0939. The molecule has 1 N–H and O–H groups in total. The lowest BCUT2D eigenvalue weighted by atomic mass is 10.1. The number of amides is 1. The summed E-state index contributed by atoms with van der Waals surface area (Å²) in [5, 5.41) is 11.9. The highest BCUT2D eigenvalue weighted by molar-refractivity contribution is 6.01. The molecule has 5 rings (SSSR count). The summed E-state index contributed by atoms with van der Waals surface area (Å²) in [6.07, 6.45) is 2.91. The van der Waals surface area contributed by atoms with Gasteiger partial charge in [-0.15, -0.1) is 9.73 Å². The summed E-state index contributed by atoms with van der Waals surface area (Å²) in [4.78, 5) is 35.6. The summed E-state index contributed by atoms with van der Waals surface area (Å²) in [6.45, 7) is 5.44. The van der Waals surface area contributed by atoms with Crippen LogP contribution in [0.25, 0.3) is 22.1 Å². The Morgan fingerprint density at radius 1 is 1.06 bits per heavy atom. The molecule has 0 unspecified atom stereocenters. The number of carbonyl (C=O) groups excluding carboxylic acids is 1. The fourth-order valence-corrected chi connectivity index (χ4v) is 4.06. The highest BCUT2D eigenvalue weighted by Crippen LogP contribution is 2.21. The topological polar surface area (TPSA) is 107 Å². The molecule has 0 saturated heterocycles. The number of nitrogens with one attached hydrogen (secondary N) is 1. The minimum atomic E-state index is -0.575. The third-order valence-electron chi connectivity index (χ3n) is 5.61. The Hall–Kier alpha value is -4.40. The molecule has 0 aliphatic heterocycles. The lowest BCUT2D eigenvalue weighted by Crippen LogP contribution is -2.33. The molecule has 3 heterocycles. The number of hydrogen-bond acceptors (Lipinski definition) is 6. The number of fused-ring (bicyclic) bond motifs is 2. The molecule has 0 radical (unpaired) electrons. The first-order chi connectivity index (χ1) is 16.0. The van der Waals surface area contributed by atoms with E-state index < -0.39 is 6.04 Å². The number of aromatic nitrogens is 6. The Morgan fingerprint density at radius 3 is 2.64 bits per heavy atom. The van der Waals surface area contributed by atoms with Crippen molar-refractivity contribution in [3.63, 3.8) is 0 Å². The average molecular weight is 439 g/mol. The Balaban J connectivity index is 1.64. The molecule has 0 bridgehead atoms. The molecule has 0 spiro atoms. The molecule has 3 aromatic heterocycles. The maximum absolute atomic E-state index is 13.6. The number of rotatable bonds is 4. The maximum atomic E-state index is 13.6. The van der Waals surface area contributed by atoms with Crippen LogP contribution in [0.2, 0.25) is 0 Å². The zero-order valence-corrected chi connectivity index (χ0v) is 18.4. The van der Waals surface area contributed by atoms with E-state index in [0.29, 0.717) is 39.2 Å². The Labute approximate surface area is 188 Å². The first-order valence-corrected chi connectivity index (χ1v) is 10.5. The highest BCUT2D eigenvalue weighted by atomic mass is 16.2. The van der Waals surface area contributed by atoms with Gasteiger partial charge in [0.05, 0.1) is 40.1 Å². The summed E-state index contributed by atoms with van der Waals surface area (Å²) in [5.74, 6) is 0.0889. The van der Waals surface area contributed by atoms with Crippen molar-refractivity contribution >= 4 is 22.3 Å². The third-order valence-corrected chi connectivity index (χ3v) is 5.61. The molecule has 9 nitrogen and oxygen atoms in total. The van der Waals surface area contributed by atoms with Gasteiger partial charge in [-0.2, -0.15) is 5.10 Å². The van der Waals surface area contributed by atoms with E-state index in [0.717, 1.165) is 5.56 Å². The van der Waals surface area contributed by atoms with Gasteiger partial charge in [-0.3, -0.25) is 14.2 Å². The minimum absolute atomic E-state index is 0.180. The molecule has 9 heteroatoms. The van der Waals surface area contributed by atoms with Gasteiger partial charge in [0.25, 0.3) is 11.5 Å². The number of aryl methyl sites for hydroxylation is 2. The minimum Gasteiger partial charge on any atom is -0.342 e. The predicted octanol–water partition coefficient (Wildman–Crippen LogP) is 2.93. The highest BCUT2D eigenvalue weighted by Gasteiger charge is 2.24. The average Bonchev–Trinajstić information content (AvgIpc) is 3.15. The van der Waals surface area contributed by atoms with Crippen molar-refractivity contribution in [1.82, 2.24) is 34.7 Å². The van der Waals surface area contributed by atoms with Crippen LogP contribution in [0.4, 0.5) is 0 Å². The summed E-state index contributed by atoms with van der Waals surface area (Å²) >= 11 is 0. The number of benzene rings is 2. The second kappa shape index (κ2) is 7.94. The fourth-order valence-electron chi connectivity index (χ4n) is 4.06. The van der Waals surface area contributed by atoms with Crippen LogP contribution in [0.15, 0.2) is 65.8 Å².